The van der Waals surface area contributed by atoms with Crippen LogP contribution >= 0.6 is 0 Å². The van der Waals surface area contributed by atoms with E-state index in [4.69, 9.17) is 11.3 Å². The lowest BCUT2D eigenvalue weighted by atomic mass is 9.59. The van der Waals surface area contributed by atoms with Gasteiger partial charge in [-0.15, -0.1) is 5.10 Å². The number of nitrogens with two attached hydrogens (primary N) is 1. The molecule has 236 valence electrons. The SMILES string of the molecule is CCNC(=O)c1ccc2c(c1)CCc1cc(CC)ccc1C2(CC1(NCC(=O)N2C(C#N)CC3C(C)C32)CCC1)C(N)=NN=N. The Morgan fingerprint density at radius 3 is 2.47 bits per heavy atom. The summed E-state index contributed by atoms with van der Waals surface area (Å²) in [5, 5.41) is 23.9. The number of hydrogen-bond acceptors (Lipinski definition) is 6. The van der Waals surface area contributed by atoms with Crippen LogP contribution in [0.2, 0.25) is 0 Å². The summed E-state index contributed by atoms with van der Waals surface area (Å²) in [7, 11) is 0. The fourth-order valence-corrected chi connectivity index (χ4v) is 8.47. The van der Waals surface area contributed by atoms with Crippen molar-refractivity contribution in [1.29, 1.82) is 10.8 Å². The Morgan fingerprint density at radius 2 is 1.84 bits per heavy atom. The summed E-state index contributed by atoms with van der Waals surface area (Å²) in [6.45, 7) is 6.89. The van der Waals surface area contributed by atoms with Crippen LogP contribution in [-0.2, 0) is 29.5 Å². The molecule has 5 atom stereocenters. The highest BCUT2D eigenvalue weighted by atomic mass is 16.2. The highest BCUT2D eigenvalue weighted by Crippen LogP contribution is 2.53. The van der Waals surface area contributed by atoms with E-state index in [0.717, 1.165) is 61.6 Å². The monoisotopic (exact) mass is 608 g/mol. The molecule has 2 amide bonds. The summed E-state index contributed by atoms with van der Waals surface area (Å²) in [5.74, 6) is 0.961. The van der Waals surface area contributed by atoms with Gasteiger partial charge >= 0.3 is 0 Å². The maximum Gasteiger partial charge on any atom is 0.251 e. The van der Waals surface area contributed by atoms with E-state index < -0.39 is 11.0 Å². The maximum absolute atomic E-state index is 13.7. The molecule has 45 heavy (non-hydrogen) atoms. The molecule has 0 spiro atoms. The summed E-state index contributed by atoms with van der Waals surface area (Å²) in [4.78, 5) is 28.4. The summed E-state index contributed by atoms with van der Waals surface area (Å²) in [6.07, 6.45) is 6.39. The van der Waals surface area contributed by atoms with Crippen LogP contribution in [0.1, 0.15) is 91.1 Å². The highest BCUT2D eigenvalue weighted by Gasteiger charge is 2.60. The number of nitrogens with zero attached hydrogens (tertiary/aromatic N) is 4. The van der Waals surface area contributed by atoms with E-state index >= 15 is 0 Å². The van der Waals surface area contributed by atoms with E-state index in [1.807, 2.05) is 30.0 Å². The fourth-order valence-electron chi connectivity index (χ4n) is 8.47. The number of benzene rings is 2. The Bertz CT molecular complexity index is 1590. The predicted molar refractivity (Wildman–Crippen MR) is 172 cm³/mol. The molecule has 2 saturated carbocycles. The Hall–Kier alpha value is -4.10. The van der Waals surface area contributed by atoms with Gasteiger partial charge in [-0.1, -0.05) is 43.3 Å². The smallest absolute Gasteiger partial charge is 0.251 e. The first-order valence-electron chi connectivity index (χ1n) is 16.4. The summed E-state index contributed by atoms with van der Waals surface area (Å²) < 4.78 is 0. The number of nitrogens with one attached hydrogen (secondary N) is 3. The van der Waals surface area contributed by atoms with E-state index in [9.17, 15) is 14.9 Å². The summed E-state index contributed by atoms with van der Waals surface area (Å²) >= 11 is 0. The molecule has 10 nitrogen and oxygen atoms in total. The molecule has 3 fully saturated rings. The first-order chi connectivity index (χ1) is 21.7. The van der Waals surface area contributed by atoms with Crippen molar-refractivity contribution in [1.82, 2.24) is 15.5 Å². The number of amidine groups is 1. The molecule has 1 saturated heterocycles. The van der Waals surface area contributed by atoms with Crippen molar-refractivity contribution in [2.45, 2.75) is 95.2 Å². The van der Waals surface area contributed by atoms with Crippen LogP contribution in [0.3, 0.4) is 0 Å². The van der Waals surface area contributed by atoms with Crippen molar-refractivity contribution >= 4 is 17.6 Å². The molecule has 0 aromatic heterocycles. The fraction of sp³-hybridized carbons (Fsp3) is 0.543. The van der Waals surface area contributed by atoms with Crippen molar-refractivity contribution in [3.63, 3.8) is 0 Å². The van der Waals surface area contributed by atoms with E-state index in [1.54, 1.807) is 0 Å². The molecular formula is C35H44N8O2. The van der Waals surface area contributed by atoms with Gasteiger partial charge < -0.3 is 21.3 Å². The zero-order valence-electron chi connectivity index (χ0n) is 26.5. The molecule has 1 aliphatic heterocycles. The van der Waals surface area contributed by atoms with Gasteiger partial charge in [0.1, 0.15) is 11.9 Å². The lowest BCUT2D eigenvalue weighted by Crippen LogP contribution is -2.60. The minimum Gasteiger partial charge on any atom is -0.385 e. The minimum atomic E-state index is -0.937. The van der Waals surface area contributed by atoms with Gasteiger partial charge in [0.2, 0.25) is 5.91 Å². The standard InChI is InChI=1S/C35H44N8O2/c1-4-22-7-11-28-23(15-22)8-9-24-16-25(32(45)39-5-2)10-12-29(24)35(28,33(37)41-42-38)20-34(13-6-14-34)40-19-30(44)43-26(18-36)17-27-21(3)31(27)43/h7,10-12,15-16,21,26-27,31,40H,4-6,8-9,13-14,17,19-20H2,1-3H3,(H,39,45)(H3,37,38,41). The molecule has 1 heterocycles. The molecule has 4 aliphatic rings. The molecule has 3 aliphatic carbocycles. The lowest BCUT2D eigenvalue weighted by molar-refractivity contribution is -0.132. The van der Waals surface area contributed by atoms with Crippen LogP contribution in [0.15, 0.2) is 46.7 Å². The topological polar surface area (TPSA) is 160 Å². The molecule has 2 aromatic rings. The third-order valence-corrected chi connectivity index (χ3v) is 11.1. The molecule has 6 rings (SSSR count). The number of carbonyl (C=O) groups is 2. The Labute approximate surface area is 265 Å². The number of aryl methyl sites for hydroxylation is 3. The number of hydrogen-bond donors (Lipinski definition) is 4. The minimum absolute atomic E-state index is 0.0256. The van der Waals surface area contributed by atoms with Gasteiger partial charge in [0.15, 0.2) is 0 Å². The average molecular weight is 609 g/mol. The van der Waals surface area contributed by atoms with Crippen LogP contribution < -0.4 is 16.4 Å². The second-order valence-electron chi connectivity index (χ2n) is 13.4. The predicted octanol–water partition coefficient (Wildman–Crippen LogP) is 4.35. The molecule has 5 unspecified atom stereocenters. The number of amides is 2. The number of carbonyl (C=O) groups excluding carboxylic acids is 2. The molecule has 5 N–H and O–H groups in total. The van der Waals surface area contributed by atoms with Crippen LogP contribution in [0.4, 0.5) is 0 Å². The number of likely N-dealkylation sites (tertiary alicyclic amines) is 1. The Morgan fingerprint density at radius 1 is 1.13 bits per heavy atom. The van der Waals surface area contributed by atoms with Gasteiger partial charge in [0, 0.05) is 23.7 Å². The Balaban J connectivity index is 1.42. The average Bonchev–Trinajstić information content (AvgIpc) is 3.50. The maximum atomic E-state index is 13.7. The van der Waals surface area contributed by atoms with Crippen LogP contribution in [0, 0.1) is 28.7 Å². The number of fused-ring (bicyclic) bond motifs is 3. The van der Waals surface area contributed by atoms with Gasteiger partial charge in [-0.05, 0) is 110 Å². The molecule has 0 bridgehead atoms. The highest BCUT2D eigenvalue weighted by molar-refractivity contribution is 5.98. The number of piperidine rings is 1. The third kappa shape index (κ3) is 5.21. The molecule has 10 heteroatoms. The first kappa shape index (κ1) is 30.9. The molecule has 2 aromatic carbocycles. The van der Waals surface area contributed by atoms with Gasteiger partial charge in [-0.3, -0.25) is 9.59 Å². The van der Waals surface area contributed by atoms with Crippen LogP contribution in [0.5, 0.6) is 0 Å². The van der Waals surface area contributed by atoms with E-state index in [0.29, 0.717) is 30.4 Å². The Kier molecular flexibility index (Phi) is 8.25. The van der Waals surface area contributed by atoms with E-state index in [2.05, 4.69) is 59.1 Å². The van der Waals surface area contributed by atoms with Gasteiger partial charge in [0.05, 0.1) is 18.0 Å². The van der Waals surface area contributed by atoms with Crippen molar-refractivity contribution in [2.24, 2.45) is 27.9 Å². The number of nitriles is 1. The zero-order valence-corrected chi connectivity index (χ0v) is 26.5. The van der Waals surface area contributed by atoms with Crippen molar-refractivity contribution in [3.05, 3.63) is 69.8 Å². The van der Waals surface area contributed by atoms with Crippen molar-refractivity contribution in [2.75, 3.05) is 13.1 Å². The van der Waals surface area contributed by atoms with Gasteiger partial charge in [0.25, 0.3) is 5.91 Å². The summed E-state index contributed by atoms with van der Waals surface area (Å²) in [6, 6.07) is 14.5. The molecular weight excluding hydrogens is 564 g/mol. The van der Waals surface area contributed by atoms with Gasteiger partial charge in [-0.25, -0.2) is 0 Å². The summed E-state index contributed by atoms with van der Waals surface area (Å²) in [5.41, 5.74) is 19.3. The normalized spacial score (nSPS) is 27.6. The molecule has 0 radical (unpaired) electrons. The lowest BCUT2D eigenvalue weighted by Gasteiger charge is -2.50. The second kappa shape index (κ2) is 12.0. The van der Waals surface area contributed by atoms with E-state index in [-0.39, 0.29) is 36.3 Å². The van der Waals surface area contributed by atoms with Crippen LogP contribution in [-0.4, -0.2) is 53.3 Å². The quantitative estimate of drug-likeness (QED) is 0.136. The third-order valence-electron chi connectivity index (χ3n) is 11.1. The second-order valence-corrected chi connectivity index (χ2v) is 13.4. The van der Waals surface area contributed by atoms with Crippen LogP contribution in [0.25, 0.3) is 0 Å². The largest absolute Gasteiger partial charge is 0.385 e. The van der Waals surface area contributed by atoms with Crippen molar-refractivity contribution in [3.8, 4) is 6.07 Å². The number of rotatable bonds is 10. The van der Waals surface area contributed by atoms with Crippen molar-refractivity contribution < 1.29 is 9.59 Å². The van der Waals surface area contributed by atoms with Gasteiger partial charge in [-0.2, -0.15) is 10.8 Å². The zero-order chi connectivity index (χ0) is 31.9. The van der Waals surface area contributed by atoms with E-state index in [1.165, 1.54) is 11.1 Å². The first-order valence-corrected chi connectivity index (χ1v) is 16.4.